The Morgan fingerprint density at radius 3 is 2.70 bits per heavy atom. The molecule has 4 nitrogen and oxygen atoms in total. The van der Waals surface area contributed by atoms with Crippen LogP contribution in [0.15, 0.2) is 54.9 Å². The van der Waals surface area contributed by atoms with Crippen molar-refractivity contribution in [3.05, 3.63) is 76.0 Å². The molecule has 116 valence electrons. The van der Waals surface area contributed by atoms with Crippen LogP contribution in [0.25, 0.3) is 11.4 Å². The first-order chi connectivity index (χ1) is 11.1. The number of hydrogen-bond donors (Lipinski definition) is 2. The number of amidine groups is 1. The maximum atomic E-state index is 7.70. The Bertz CT molecular complexity index is 871. The van der Waals surface area contributed by atoms with Crippen molar-refractivity contribution in [2.45, 2.75) is 6.54 Å². The molecule has 0 unspecified atom stereocenters. The Morgan fingerprint density at radius 1 is 1.17 bits per heavy atom. The van der Waals surface area contributed by atoms with E-state index in [4.69, 9.17) is 34.3 Å². The standard InChI is InChI=1S/C17H14Cl2N4/c18-12-5-6-14(15(19)9-12)17-22-7-8-23(17)10-11-3-1-2-4-13(11)16(20)21/h1-9H,10H2,(H3,20,21). The van der Waals surface area contributed by atoms with E-state index in [0.29, 0.717) is 22.2 Å². The van der Waals surface area contributed by atoms with Crippen LogP contribution in [0.3, 0.4) is 0 Å². The molecule has 0 bridgehead atoms. The lowest BCUT2D eigenvalue weighted by Crippen LogP contribution is -2.15. The lowest BCUT2D eigenvalue weighted by Gasteiger charge is -2.12. The summed E-state index contributed by atoms with van der Waals surface area (Å²) in [5, 5.41) is 8.83. The molecule has 0 saturated heterocycles. The van der Waals surface area contributed by atoms with Gasteiger partial charge in [-0.2, -0.15) is 0 Å². The summed E-state index contributed by atoms with van der Waals surface area (Å²) >= 11 is 12.2. The third kappa shape index (κ3) is 3.23. The number of nitrogens with one attached hydrogen (secondary N) is 1. The molecule has 0 amide bonds. The molecule has 6 heteroatoms. The number of nitrogens with two attached hydrogens (primary N) is 1. The summed E-state index contributed by atoms with van der Waals surface area (Å²) in [6.45, 7) is 0.546. The second kappa shape index (κ2) is 6.44. The van der Waals surface area contributed by atoms with Crippen LogP contribution in [0, 0.1) is 5.41 Å². The van der Waals surface area contributed by atoms with E-state index in [-0.39, 0.29) is 5.84 Å². The van der Waals surface area contributed by atoms with Crippen molar-refractivity contribution in [3.8, 4) is 11.4 Å². The smallest absolute Gasteiger partial charge is 0.141 e. The molecule has 1 heterocycles. The molecule has 23 heavy (non-hydrogen) atoms. The first-order valence-electron chi connectivity index (χ1n) is 6.95. The minimum Gasteiger partial charge on any atom is -0.384 e. The number of hydrogen-bond acceptors (Lipinski definition) is 2. The molecule has 3 rings (SSSR count). The Labute approximate surface area is 144 Å². The van der Waals surface area contributed by atoms with Gasteiger partial charge in [-0.05, 0) is 23.8 Å². The van der Waals surface area contributed by atoms with E-state index in [1.807, 2.05) is 41.1 Å². The van der Waals surface area contributed by atoms with Gasteiger partial charge in [0.2, 0.25) is 0 Å². The highest BCUT2D eigenvalue weighted by Gasteiger charge is 2.12. The summed E-state index contributed by atoms with van der Waals surface area (Å²) in [5.74, 6) is 0.789. The number of benzene rings is 2. The van der Waals surface area contributed by atoms with E-state index >= 15 is 0 Å². The molecule has 0 atom stereocenters. The van der Waals surface area contributed by atoms with Crippen molar-refractivity contribution in [3.63, 3.8) is 0 Å². The number of rotatable bonds is 4. The van der Waals surface area contributed by atoms with Crippen molar-refractivity contribution < 1.29 is 0 Å². The zero-order valence-corrected chi connectivity index (χ0v) is 13.6. The third-order valence-electron chi connectivity index (χ3n) is 3.54. The van der Waals surface area contributed by atoms with Gasteiger partial charge in [-0.1, -0.05) is 47.5 Å². The molecule has 0 fully saturated rings. The van der Waals surface area contributed by atoms with E-state index in [0.717, 1.165) is 17.0 Å². The fraction of sp³-hybridized carbons (Fsp3) is 0.0588. The van der Waals surface area contributed by atoms with Crippen molar-refractivity contribution >= 4 is 29.0 Å². The quantitative estimate of drug-likeness (QED) is 0.550. The molecule has 2 aromatic carbocycles. The summed E-state index contributed by atoms with van der Waals surface area (Å²) < 4.78 is 1.97. The van der Waals surface area contributed by atoms with Gasteiger partial charge in [-0.15, -0.1) is 0 Å². The van der Waals surface area contributed by atoms with Gasteiger partial charge >= 0.3 is 0 Å². The SMILES string of the molecule is N=C(N)c1ccccc1Cn1ccnc1-c1ccc(Cl)cc1Cl. The summed E-state index contributed by atoms with van der Waals surface area (Å²) in [6.07, 6.45) is 3.59. The minimum absolute atomic E-state index is 0.0480. The second-order valence-electron chi connectivity index (χ2n) is 5.07. The maximum Gasteiger partial charge on any atom is 0.141 e. The summed E-state index contributed by atoms with van der Waals surface area (Å²) in [4.78, 5) is 4.40. The summed E-state index contributed by atoms with van der Waals surface area (Å²) in [6, 6.07) is 12.9. The van der Waals surface area contributed by atoms with Crippen LogP contribution in [0.1, 0.15) is 11.1 Å². The van der Waals surface area contributed by atoms with Crippen LogP contribution in [-0.4, -0.2) is 15.4 Å². The molecule has 0 aliphatic rings. The lowest BCUT2D eigenvalue weighted by molar-refractivity contribution is 0.805. The zero-order chi connectivity index (χ0) is 16.4. The van der Waals surface area contributed by atoms with Crippen LogP contribution in [-0.2, 0) is 6.54 Å². The molecule has 3 N–H and O–H groups in total. The summed E-state index contributed by atoms with van der Waals surface area (Å²) in [5.41, 5.74) is 8.13. The van der Waals surface area contributed by atoms with Gasteiger partial charge < -0.3 is 10.3 Å². The van der Waals surface area contributed by atoms with Crippen LogP contribution < -0.4 is 5.73 Å². The Balaban J connectivity index is 2.01. The van der Waals surface area contributed by atoms with Crippen molar-refractivity contribution in [1.29, 1.82) is 5.41 Å². The minimum atomic E-state index is 0.0480. The number of nitrogens with zero attached hydrogens (tertiary/aromatic N) is 2. The molecular weight excluding hydrogens is 331 g/mol. The molecule has 1 aromatic heterocycles. The van der Waals surface area contributed by atoms with Gasteiger partial charge in [-0.3, -0.25) is 5.41 Å². The first kappa shape index (κ1) is 15.6. The van der Waals surface area contributed by atoms with E-state index in [2.05, 4.69) is 4.98 Å². The molecule has 0 spiro atoms. The average Bonchev–Trinajstić information content (AvgIpc) is 2.95. The monoisotopic (exact) mass is 344 g/mol. The predicted molar refractivity (Wildman–Crippen MR) is 94.2 cm³/mol. The lowest BCUT2D eigenvalue weighted by atomic mass is 10.1. The van der Waals surface area contributed by atoms with Gasteiger partial charge in [0.05, 0.1) is 5.02 Å². The molecule has 0 aliphatic heterocycles. The highest BCUT2D eigenvalue weighted by molar-refractivity contribution is 6.36. The van der Waals surface area contributed by atoms with Crippen LogP contribution in [0.2, 0.25) is 10.0 Å². The van der Waals surface area contributed by atoms with E-state index < -0.39 is 0 Å². The summed E-state index contributed by atoms with van der Waals surface area (Å²) in [7, 11) is 0. The van der Waals surface area contributed by atoms with Gasteiger partial charge in [0.15, 0.2) is 0 Å². The molecule has 0 radical (unpaired) electrons. The number of aromatic nitrogens is 2. The zero-order valence-electron chi connectivity index (χ0n) is 12.1. The highest BCUT2D eigenvalue weighted by atomic mass is 35.5. The second-order valence-corrected chi connectivity index (χ2v) is 5.92. The highest BCUT2D eigenvalue weighted by Crippen LogP contribution is 2.29. The normalized spacial score (nSPS) is 10.7. The van der Waals surface area contributed by atoms with Crippen LogP contribution >= 0.6 is 23.2 Å². The number of halogens is 2. The van der Waals surface area contributed by atoms with Gasteiger partial charge in [0.25, 0.3) is 0 Å². The molecule has 0 aliphatic carbocycles. The largest absolute Gasteiger partial charge is 0.384 e. The Morgan fingerprint density at radius 2 is 1.96 bits per heavy atom. The maximum absolute atomic E-state index is 7.70. The Hall–Kier alpha value is -2.30. The van der Waals surface area contributed by atoms with Crippen LogP contribution in [0.4, 0.5) is 0 Å². The first-order valence-corrected chi connectivity index (χ1v) is 7.70. The fourth-order valence-corrected chi connectivity index (χ4v) is 2.95. The van der Waals surface area contributed by atoms with E-state index in [1.165, 1.54) is 0 Å². The Kier molecular flexibility index (Phi) is 4.37. The van der Waals surface area contributed by atoms with Gasteiger partial charge in [0.1, 0.15) is 11.7 Å². The van der Waals surface area contributed by atoms with E-state index in [1.54, 1.807) is 18.3 Å². The molecule has 3 aromatic rings. The van der Waals surface area contributed by atoms with Crippen LogP contribution in [0.5, 0.6) is 0 Å². The number of imidazole rings is 1. The van der Waals surface area contributed by atoms with Crippen molar-refractivity contribution in [2.75, 3.05) is 0 Å². The third-order valence-corrected chi connectivity index (χ3v) is 4.08. The predicted octanol–water partition coefficient (Wildman–Crippen LogP) is 4.19. The molecule has 0 saturated carbocycles. The molecular formula is C17H14Cl2N4. The average molecular weight is 345 g/mol. The van der Waals surface area contributed by atoms with Gasteiger partial charge in [0, 0.05) is 35.1 Å². The fourth-order valence-electron chi connectivity index (χ4n) is 2.46. The van der Waals surface area contributed by atoms with Gasteiger partial charge in [-0.25, -0.2) is 4.98 Å². The van der Waals surface area contributed by atoms with E-state index in [9.17, 15) is 0 Å². The van der Waals surface area contributed by atoms with Crippen molar-refractivity contribution in [1.82, 2.24) is 9.55 Å². The number of nitrogen functional groups attached to an aromatic ring is 1. The topological polar surface area (TPSA) is 67.7 Å². The van der Waals surface area contributed by atoms with Crippen molar-refractivity contribution in [2.24, 2.45) is 5.73 Å².